The van der Waals surface area contributed by atoms with Crippen LogP contribution in [0, 0.1) is 0 Å². The van der Waals surface area contributed by atoms with E-state index in [4.69, 9.17) is 51.6 Å². The van der Waals surface area contributed by atoms with Crippen LogP contribution in [0.1, 0.15) is 102 Å². The molecule has 0 saturated carbocycles. The molecule has 8 amide bonds. The molecule has 0 saturated heterocycles. The number of fused-ring (bicyclic) bond motifs is 1. The van der Waals surface area contributed by atoms with Gasteiger partial charge >= 0.3 is 0 Å². The summed E-state index contributed by atoms with van der Waals surface area (Å²) in [7, 11) is 0. The minimum atomic E-state index is -1.32. The zero-order valence-corrected chi connectivity index (χ0v) is 45.3. The van der Waals surface area contributed by atoms with Crippen LogP contribution in [0.3, 0.4) is 0 Å². The number of primary amides is 1. The molecular formula is C49H87N19O8S. The van der Waals surface area contributed by atoms with E-state index >= 15 is 0 Å². The highest BCUT2D eigenvalue weighted by atomic mass is 32.2. The van der Waals surface area contributed by atoms with Crippen LogP contribution in [0.2, 0.25) is 0 Å². The highest BCUT2D eigenvalue weighted by Crippen LogP contribution is 2.20. The number of aromatic amines is 1. The van der Waals surface area contributed by atoms with Gasteiger partial charge in [-0.25, -0.2) is 0 Å². The molecular weight excluding hydrogens is 1010 g/mol. The number of hydrogen-bond acceptors (Lipinski definition) is 15. The van der Waals surface area contributed by atoms with Gasteiger partial charge in [-0.15, -0.1) is 0 Å². The first-order chi connectivity index (χ1) is 36.9. The van der Waals surface area contributed by atoms with Crippen molar-refractivity contribution in [3.8, 4) is 0 Å². The number of hydrogen-bond donors (Lipinski definition) is 17. The number of nitrogens with one attached hydrogen (secondary N) is 8. The van der Waals surface area contributed by atoms with E-state index in [1.807, 2.05) is 30.5 Å². The first kappa shape index (κ1) is 66.4. The van der Waals surface area contributed by atoms with Crippen molar-refractivity contribution in [3.63, 3.8) is 0 Å². The average Bonchev–Trinajstić information content (AvgIpc) is 3.80. The van der Waals surface area contributed by atoms with Crippen molar-refractivity contribution in [3.05, 3.63) is 36.0 Å². The molecule has 7 atom stereocenters. The molecule has 1 aromatic carbocycles. The fourth-order valence-electron chi connectivity index (χ4n) is 8.11. The minimum absolute atomic E-state index is 0.00272. The SMILES string of the molecule is CSCCC(NC(=O)C(CCCN=C(N)N)NC(=O)C(CCCN=C(N)N)NC(=O)CCN)C(=O)NC(CCCCN)C(=O)NC(Cc1c[nH]c2ccccc12)C(=O)NC(CCCCN)C(=O)NC(CCCCN)C(N)=O. The summed E-state index contributed by atoms with van der Waals surface area (Å²) in [5.74, 6) is -5.51. The van der Waals surface area contributed by atoms with Crippen LogP contribution in [0.25, 0.3) is 10.9 Å². The Morgan fingerprint density at radius 3 is 1.31 bits per heavy atom. The van der Waals surface area contributed by atoms with Gasteiger partial charge in [0.1, 0.15) is 42.3 Å². The lowest BCUT2D eigenvalue weighted by atomic mass is 10.0. The zero-order chi connectivity index (χ0) is 57.1. The molecule has 0 radical (unpaired) electrons. The molecule has 2 aromatic rings. The van der Waals surface area contributed by atoms with E-state index in [1.165, 1.54) is 11.8 Å². The zero-order valence-electron chi connectivity index (χ0n) is 44.5. The second-order valence-corrected chi connectivity index (χ2v) is 19.5. The predicted octanol–water partition coefficient (Wildman–Crippen LogP) is -3.81. The van der Waals surface area contributed by atoms with Gasteiger partial charge < -0.3 is 93.8 Å². The van der Waals surface area contributed by atoms with E-state index < -0.39 is 89.6 Å². The molecule has 0 aliphatic rings. The lowest BCUT2D eigenvalue weighted by molar-refractivity contribution is -0.136. The van der Waals surface area contributed by atoms with Gasteiger partial charge in [-0.3, -0.25) is 48.3 Å². The standard InChI is InChI=1S/C49H87N19O8S/c1-77-27-20-38(67-44(73)37(18-11-26-60-49(57)58)65-42(71)34(62-40(69)19-24-53)17-10-25-59-48(55)56)46(75)64-36(16-6-9-23-52)45(74)68-39(28-30-29-61-32-13-3-2-12-31(30)32)47(76)66-35(15-5-8-22-51)43(72)63-33(41(54)70)14-4-7-21-50/h2-3,12-13,29,33-39,61H,4-11,14-28,50-53H2,1H3,(H2,54,70)(H,62,69)(H,63,72)(H,64,75)(H,65,71)(H,66,76)(H,67,73)(H,68,74)(H4,55,56,59)(H4,57,58,60). The Labute approximate surface area is 454 Å². The smallest absolute Gasteiger partial charge is 0.243 e. The van der Waals surface area contributed by atoms with Gasteiger partial charge in [0.05, 0.1) is 0 Å². The van der Waals surface area contributed by atoms with E-state index in [0.717, 1.165) is 10.9 Å². The third-order valence-electron chi connectivity index (χ3n) is 12.3. The maximum Gasteiger partial charge on any atom is 0.243 e. The lowest BCUT2D eigenvalue weighted by Gasteiger charge is -2.28. The number of nitrogens with zero attached hydrogens (tertiary/aromatic N) is 2. The predicted molar refractivity (Wildman–Crippen MR) is 300 cm³/mol. The third-order valence-corrected chi connectivity index (χ3v) is 12.9. The van der Waals surface area contributed by atoms with Crippen molar-refractivity contribution in [1.82, 2.24) is 42.2 Å². The molecule has 2 rings (SSSR count). The van der Waals surface area contributed by atoms with E-state index in [9.17, 15) is 38.4 Å². The summed E-state index contributed by atoms with van der Waals surface area (Å²) in [5.41, 5.74) is 51.9. The Bertz CT molecular complexity index is 2220. The summed E-state index contributed by atoms with van der Waals surface area (Å²) in [6, 6.07) is -1.02. The normalized spacial score (nSPS) is 13.8. The minimum Gasteiger partial charge on any atom is -0.370 e. The number of carbonyl (C=O) groups is 8. The summed E-state index contributed by atoms with van der Waals surface area (Å²) in [6.45, 7) is 1.26. The van der Waals surface area contributed by atoms with Crippen molar-refractivity contribution in [2.24, 2.45) is 61.6 Å². The summed E-state index contributed by atoms with van der Waals surface area (Å²) in [6.07, 6.45) is 7.48. The van der Waals surface area contributed by atoms with Crippen molar-refractivity contribution in [2.45, 2.75) is 145 Å². The van der Waals surface area contributed by atoms with Gasteiger partial charge in [0.25, 0.3) is 0 Å². The summed E-state index contributed by atoms with van der Waals surface area (Å²) in [4.78, 5) is 122. The molecule has 1 aromatic heterocycles. The highest BCUT2D eigenvalue weighted by molar-refractivity contribution is 7.98. The molecule has 432 valence electrons. The summed E-state index contributed by atoms with van der Waals surface area (Å²) >= 11 is 1.40. The molecule has 26 N–H and O–H groups in total. The van der Waals surface area contributed by atoms with Crippen LogP contribution in [0.15, 0.2) is 40.4 Å². The highest BCUT2D eigenvalue weighted by Gasteiger charge is 2.34. The molecule has 27 nitrogen and oxygen atoms in total. The van der Waals surface area contributed by atoms with Gasteiger partial charge in [-0.05, 0) is 133 Å². The Morgan fingerprint density at radius 2 is 0.883 bits per heavy atom. The van der Waals surface area contributed by atoms with E-state index in [2.05, 4.69) is 52.2 Å². The fraction of sp³-hybridized carbons (Fsp3) is 0.633. The maximum absolute atomic E-state index is 14.6. The number of aromatic nitrogens is 1. The van der Waals surface area contributed by atoms with Crippen LogP contribution in [-0.4, -0.2) is 158 Å². The van der Waals surface area contributed by atoms with Crippen molar-refractivity contribution >= 4 is 81.8 Å². The quantitative estimate of drug-likeness (QED) is 0.0172. The Morgan fingerprint density at radius 1 is 0.494 bits per heavy atom. The first-order valence-corrected chi connectivity index (χ1v) is 27.6. The number of thioether (sulfide) groups is 1. The molecule has 0 aliphatic heterocycles. The van der Waals surface area contributed by atoms with Gasteiger partial charge in [-0.2, -0.15) is 11.8 Å². The average molecular weight is 1100 g/mol. The second-order valence-electron chi connectivity index (χ2n) is 18.5. The van der Waals surface area contributed by atoms with Crippen LogP contribution in [0.5, 0.6) is 0 Å². The number of para-hydroxylation sites is 1. The van der Waals surface area contributed by atoms with E-state index in [1.54, 1.807) is 6.20 Å². The number of guanidine groups is 2. The number of aliphatic imine (C=N–C) groups is 2. The second kappa shape index (κ2) is 37.9. The topological polar surface area (TPSA) is 495 Å². The molecule has 1 heterocycles. The van der Waals surface area contributed by atoms with Crippen molar-refractivity contribution in [1.29, 1.82) is 0 Å². The van der Waals surface area contributed by atoms with E-state index in [0.29, 0.717) is 62.9 Å². The largest absolute Gasteiger partial charge is 0.370 e. The molecule has 0 fully saturated rings. The van der Waals surface area contributed by atoms with Crippen molar-refractivity contribution in [2.75, 3.05) is 51.3 Å². The molecule has 0 bridgehead atoms. The number of unbranched alkanes of at least 4 members (excludes halogenated alkanes) is 3. The van der Waals surface area contributed by atoms with Crippen LogP contribution < -0.4 is 88.8 Å². The van der Waals surface area contributed by atoms with Crippen LogP contribution in [-0.2, 0) is 44.8 Å². The molecule has 0 spiro atoms. The Balaban J connectivity index is 2.55. The number of carbonyl (C=O) groups excluding carboxylic acids is 8. The molecule has 7 unspecified atom stereocenters. The Hall–Kier alpha value is -6.75. The monoisotopic (exact) mass is 1100 g/mol. The number of benzene rings is 1. The summed E-state index contributed by atoms with van der Waals surface area (Å²) in [5, 5.41) is 20.0. The van der Waals surface area contributed by atoms with Gasteiger partial charge in [0.2, 0.25) is 47.3 Å². The molecule has 28 heteroatoms. The number of H-pyrrole nitrogens is 1. The van der Waals surface area contributed by atoms with Gasteiger partial charge in [-0.1, -0.05) is 18.2 Å². The van der Waals surface area contributed by atoms with Gasteiger partial charge in [0.15, 0.2) is 11.9 Å². The number of nitrogens with two attached hydrogens (primary N) is 9. The molecule has 0 aliphatic carbocycles. The van der Waals surface area contributed by atoms with Crippen molar-refractivity contribution < 1.29 is 38.4 Å². The van der Waals surface area contributed by atoms with Crippen LogP contribution in [0.4, 0.5) is 0 Å². The number of rotatable bonds is 41. The number of amides is 8. The van der Waals surface area contributed by atoms with Gasteiger partial charge in [0, 0.05) is 49.6 Å². The lowest BCUT2D eigenvalue weighted by Crippen LogP contribution is -2.60. The van der Waals surface area contributed by atoms with E-state index in [-0.39, 0.29) is 102 Å². The third kappa shape index (κ3) is 26.2. The summed E-state index contributed by atoms with van der Waals surface area (Å²) < 4.78 is 0. The Kier molecular flexibility index (Phi) is 32.7. The first-order valence-electron chi connectivity index (χ1n) is 26.2. The maximum atomic E-state index is 14.6. The fourth-order valence-corrected chi connectivity index (χ4v) is 8.58. The van der Waals surface area contributed by atoms with Crippen LogP contribution >= 0.6 is 11.8 Å². The molecule has 77 heavy (non-hydrogen) atoms.